The van der Waals surface area contributed by atoms with Crippen molar-refractivity contribution < 1.29 is 9.53 Å². The number of hydrogen-bond donors (Lipinski definition) is 1. The van der Waals surface area contributed by atoms with Gasteiger partial charge >= 0.3 is 0 Å². The summed E-state index contributed by atoms with van der Waals surface area (Å²) in [5.41, 5.74) is 0.706. The monoisotopic (exact) mass is 260 g/mol. The number of nitrogens with one attached hydrogen (secondary N) is 1. The number of carbonyl (C=O) groups is 1. The highest BCUT2D eigenvalue weighted by atomic mass is 16.5. The number of amides is 1. The van der Waals surface area contributed by atoms with Crippen LogP contribution in [0.3, 0.4) is 0 Å². The first kappa shape index (κ1) is 12.5. The number of ether oxygens (including phenoxy) is 1. The van der Waals surface area contributed by atoms with Crippen LogP contribution < -0.4 is 10.1 Å². The van der Waals surface area contributed by atoms with Gasteiger partial charge in [0.25, 0.3) is 5.91 Å². The van der Waals surface area contributed by atoms with Crippen LogP contribution in [-0.2, 0) is 0 Å². The minimum absolute atomic E-state index is 0.0291. The van der Waals surface area contributed by atoms with Crippen LogP contribution in [0.1, 0.15) is 23.2 Å². The lowest BCUT2D eigenvalue weighted by molar-refractivity contribution is 0.0620. The summed E-state index contributed by atoms with van der Waals surface area (Å²) in [4.78, 5) is 14.7. The van der Waals surface area contributed by atoms with Crippen LogP contribution in [-0.4, -0.2) is 43.6 Å². The third-order valence-electron chi connectivity index (χ3n) is 4.32. The number of carbonyl (C=O) groups excluding carboxylic acids is 1. The average molecular weight is 260 g/mol. The van der Waals surface area contributed by atoms with Crippen molar-refractivity contribution >= 4 is 5.91 Å². The highest BCUT2D eigenvalue weighted by Gasteiger charge is 2.34. The number of hydrogen-bond acceptors (Lipinski definition) is 3. The predicted octanol–water partition coefficient (Wildman–Crippen LogP) is 1.52. The van der Waals surface area contributed by atoms with Crippen molar-refractivity contribution in [2.75, 3.05) is 26.7 Å². The lowest BCUT2D eigenvalue weighted by Crippen LogP contribution is -2.57. The van der Waals surface area contributed by atoms with Gasteiger partial charge in [-0.05, 0) is 56.1 Å². The van der Waals surface area contributed by atoms with Crippen LogP contribution in [0.2, 0.25) is 0 Å². The Hall–Kier alpha value is -1.55. The molecular formula is C15H20N2O2. The zero-order valence-corrected chi connectivity index (χ0v) is 11.3. The topological polar surface area (TPSA) is 41.6 Å². The summed E-state index contributed by atoms with van der Waals surface area (Å²) >= 11 is 0. The van der Waals surface area contributed by atoms with Gasteiger partial charge in [0.15, 0.2) is 0 Å². The fourth-order valence-electron chi connectivity index (χ4n) is 3.12. The number of fused-ring (bicyclic) bond motifs is 3. The van der Waals surface area contributed by atoms with E-state index in [0.717, 1.165) is 12.3 Å². The number of methoxy groups -OCH3 is 1. The smallest absolute Gasteiger partial charge is 0.251 e. The first-order valence-electron chi connectivity index (χ1n) is 6.93. The van der Waals surface area contributed by atoms with Crippen molar-refractivity contribution in [2.45, 2.75) is 18.9 Å². The minimum atomic E-state index is 0.0291. The van der Waals surface area contributed by atoms with E-state index in [0.29, 0.717) is 17.5 Å². The van der Waals surface area contributed by atoms with E-state index in [1.165, 1.54) is 25.9 Å². The summed E-state index contributed by atoms with van der Waals surface area (Å²) < 4.78 is 5.10. The Kier molecular flexibility index (Phi) is 3.42. The van der Waals surface area contributed by atoms with Crippen LogP contribution in [0.5, 0.6) is 5.75 Å². The number of rotatable bonds is 3. The molecular weight excluding hydrogens is 240 g/mol. The van der Waals surface area contributed by atoms with E-state index in [1.54, 1.807) is 7.11 Å². The van der Waals surface area contributed by atoms with E-state index in [4.69, 9.17) is 4.74 Å². The van der Waals surface area contributed by atoms with Crippen LogP contribution in [0, 0.1) is 5.92 Å². The molecule has 1 aromatic rings. The van der Waals surface area contributed by atoms with Crippen molar-refractivity contribution in [2.24, 2.45) is 5.92 Å². The summed E-state index contributed by atoms with van der Waals surface area (Å²) in [6.45, 7) is 3.39. The van der Waals surface area contributed by atoms with Gasteiger partial charge in [-0.3, -0.25) is 4.79 Å². The molecule has 3 heterocycles. The molecule has 0 saturated carbocycles. The molecule has 3 fully saturated rings. The molecule has 1 N–H and O–H groups in total. The van der Waals surface area contributed by atoms with E-state index < -0.39 is 0 Å². The Labute approximate surface area is 113 Å². The van der Waals surface area contributed by atoms with Gasteiger partial charge in [-0.2, -0.15) is 0 Å². The molecule has 4 heteroatoms. The maximum atomic E-state index is 12.2. The lowest BCUT2D eigenvalue weighted by atomic mass is 9.84. The van der Waals surface area contributed by atoms with Crippen molar-refractivity contribution in [3.8, 4) is 5.75 Å². The Balaban J connectivity index is 1.64. The first-order chi connectivity index (χ1) is 9.26. The number of nitrogens with zero attached hydrogens (tertiary/aromatic N) is 1. The molecule has 1 amide bonds. The third-order valence-corrected chi connectivity index (χ3v) is 4.32. The molecule has 2 bridgehead atoms. The Morgan fingerprint density at radius 1 is 1.26 bits per heavy atom. The molecule has 3 saturated heterocycles. The molecule has 0 aliphatic carbocycles. The zero-order chi connectivity index (χ0) is 13.2. The highest BCUT2D eigenvalue weighted by molar-refractivity contribution is 5.94. The maximum Gasteiger partial charge on any atom is 0.251 e. The molecule has 4 rings (SSSR count). The van der Waals surface area contributed by atoms with Gasteiger partial charge in [-0.25, -0.2) is 0 Å². The largest absolute Gasteiger partial charge is 0.497 e. The van der Waals surface area contributed by atoms with Crippen molar-refractivity contribution in [3.63, 3.8) is 0 Å². The van der Waals surface area contributed by atoms with Crippen molar-refractivity contribution in [1.29, 1.82) is 0 Å². The van der Waals surface area contributed by atoms with Crippen LogP contribution in [0.25, 0.3) is 0 Å². The summed E-state index contributed by atoms with van der Waals surface area (Å²) in [5.74, 6) is 1.47. The van der Waals surface area contributed by atoms with E-state index in [-0.39, 0.29) is 5.91 Å². The molecule has 0 aromatic heterocycles. The van der Waals surface area contributed by atoms with Gasteiger partial charge in [-0.15, -0.1) is 0 Å². The SMILES string of the molecule is COc1ccc(C(=O)N[C@@H]2CN3CCC2CC3)cc1. The normalized spacial score (nSPS) is 29.0. The molecule has 3 aliphatic rings. The summed E-state index contributed by atoms with van der Waals surface area (Å²) in [6, 6.07) is 7.60. The molecule has 0 spiro atoms. The molecule has 3 aliphatic heterocycles. The predicted molar refractivity (Wildman–Crippen MR) is 73.4 cm³/mol. The Morgan fingerprint density at radius 3 is 2.47 bits per heavy atom. The third kappa shape index (κ3) is 2.59. The quantitative estimate of drug-likeness (QED) is 0.896. The van der Waals surface area contributed by atoms with E-state index >= 15 is 0 Å². The van der Waals surface area contributed by atoms with Gasteiger partial charge in [0.1, 0.15) is 5.75 Å². The van der Waals surface area contributed by atoms with Gasteiger partial charge in [-0.1, -0.05) is 0 Å². The fraction of sp³-hybridized carbons (Fsp3) is 0.533. The van der Waals surface area contributed by atoms with Gasteiger partial charge < -0.3 is 15.0 Å². The number of benzene rings is 1. The zero-order valence-electron chi connectivity index (χ0n) is 11.3. The Bertz CT molecular complexity index is 450. The molecule has 1 atom stereocenters. The van der Waals surface area contributed by atoms with Gasteiger partial charge in [0.05, 0.1) is 7.11 Å². The molecule has 1 aromatic carbocycles. The Morgan fingerprint density at radius 2 is 1.95 bits per heavy atom. The van der Waals surface area contributed by atoms with Crippen LogP contribution in [0.15, 0.2) is 24.3 Å². The van der Waals surface area contributed by atoms with E-state index in [9.17, 15) is 4.79 Å². The fourth-order valence-corrected chi connectivity index (χ4v) is 3.12. The first-order valence-corrected chi connectivity index (χ1v) is 6.93. The molecule has 0 unspecified atom stereocenters. The van der Waals surface area contributed by atoms with E-state index in [1.807, 2.05) is 24.3 Å². The van der Waals surface area contributed by atoms with Crippen LogP contribution in [0.4, 0.5) is 0 Å². The average Bonchev–Trinajstić information content (AvgIpc) is 2.48. The van der Waals surface area contributed by atoms with Gasteiger partial charge in [0.2, 0.25) is 0 Å². The lowest BCUT2D eigenvalue weighted by Gasteiger charge is -2.44. The molecule has 19 heavy (non-hydrogen) atoms. The summed E-state index contributed by atoms with van der Waals surface area (Å²) in [5, 5.41) is 3.18. The second-order valence-corrected chi connectivity index (χ2v) is 5.45. The maximum absolute atomic E-state index is 12.2. The second kappa shape index (κ2) is 5.21. The standard InChI is InChI=1S/C15H20N2O2/c1-19-13-4-2-12(3-5-13)15(18)16-14-10-17-8-6-11(14)7-9-17/h2-5,11,14H,6-10H2,1H3,(H,16,18)/t14-/m1/s1. The molecule has 102 valence electrons. The highest BCUT2D eigenvalue weighted by Crippen LogP contribution is 2.27. The minimum Gasteiger partial charge on any atom is -0.497 e. The van der Waals surface area contributed by atoms with Crippen molar-refractivity contribution in [3.05, 3.63) is 29.8 Å². The van der Waals surface area contributed by atoms with Gasteiger partial charge in [0, 0.05) is 18.2 Å². The summed E-state index contributed by atoms with van der Waals surface area (Å²) in [6.07, 6.45) is 2.43. The second-order valence-electron chi connectivity index (χ2n) is 5.45. The summed E-state index contributed by atoms with van der Waals surface area (Å²) in [7, 11) is 1.63. The van der Waals surface area contributed by atoms with Crippen LogP contribution >= 0.6 is 0 Å². The number of piperidine rings is 3. The molecule has 0 radical (unpaired) electrons. The molecule has 4 nitrogen and oxygen atoms in total. The van der Waals surface area contributed by atoms with E-state index in [2.05, 4.69) is 10.2 Å². The van der Waals surface area contributed by atoms with Crippen molar-refractivity contribution in [1.82, 2.24) is 10.2 Å².